The largest absolute Gasteiger partial charge is 0.497 e. The fraction of sp³-hybridized carbons (Fsp3) is 0.176. The van der Waals surface area contributed by atoms with Crippen molar-refractivity contribution in [3.05, 3.63) is 54.1 Å². The van der Waals surface area contributed by atoms with Gasteiger partial charge in [-0.2, -0.15) is 0 Å². The molecule has 0 saturated heterocycles. The minimum atomic E-state index is -0.299. The Morgan fingerprint density at radius 3 is 2.52 bits per heavy atom. The van der Waals surface area contributed by atoms with E-state index in [2.05, 4.69) is 10.6 Å². The van der Waals surface area contributed by atoms with Crippen molar-refractivity contribution in [2.24, 2.45) is 0 Å². The highest BCUT2D eigenvalue weighted by Gasteiger charge is 2.09. The normalized spacial score (nSPS) is 9.83. The lowest BCUT2D eigenvalue weighted by atomic mass is 10.2. The second kappa shape index (κ2) is 8.14. The van der Waals surface area contributed by atoms with Gasteiger partial charge in [0.25, 0.3) is 5.91 Å². The molecule has 0 aliphatic carbocycles. The molecule has 5 nitrogen and oxygen atoms in total. The minimum Gasteiger partial charge on any atom is -0.497 e. The second-order valence-corrected chi connectivity index (χ2v) is 5.01. The Bertz CT molecular complexity index is 686. The molecule has 0 radical (unpaired) electrons. The van der Waals surface area contributed by atoms with E-state index in [-0.39, 0.29) is 11.0 Å². The average molecular weight is 330 g/mol. The van der Waals surface area contributed by atoms with Crippen molar-refractivity contribution in [1.82, 2.24) is 5.32 Å². The zero-order valence-corrected chi connectivity index (χ0v) is 13.8. The molecule has 0 spiro atoms. The number of nitrogens with one attached hydrogen (secondary N) is 2. The molecule has 0 aromatic heterocycles. The molecule has 23 heavy (non-hydrogen) atoms. The van der Waals surface area contributed by atoms with Crippen LogP contribution in [0.1, 0.15) is 17.3 Å². The Balaban J connectivity index is 1.94. The molecule has 0 atom stereocenters. The summed E-state index contributed by atoms with van der Waals surface area (Å²) in [6.45, 7) is 2.54. The summed E-state index contributed by atoms with van der Waals surface area (Å²) in [5, 5.41) is 5.81. The summed E-state index contributed by atoms with van der Waals surface area (Å²) >= 11 is 5.15. The molecule has 0 bridgehead atoms. The van der Waals surface area contributed by atoms with Crippen LogP contribution in [-0.4, -0.2) is 24.7 Å². The summed E-state index contributed by atoms with van der Waals surface area (Å²) < 4.78 is 10.5. The number of thiocarbonyl (C=S) groups is 1. The summed E-state index contributed by atoms with van der Waals surface area (Å²) in [4.78, 5) is 12.1. The zero-order valence-electron chi connectivity index (χ0n) is 13.0. The number of hydrogen-bond acceptors (Lipinski definition) is 4. The van der Waals surface area contributed by atoms with E-state index in [1.54, 1.807) is 31.4 Å². The summed E-state index contributed by atoms with van der Waals surface area (Å²) in [5.74, 6) is 1.10. The van der Waals surface area contributed by atoms with Crippen molar-refractivity contribution < 1.29 is 14.3 Å². The van der Waals surface area contributed by atoms with Gasteiger partial charge < -0.3 is 14.8 Å². The number of carbonyl (C=O) groups excluding carboxylic acids is 1. The maximum absolute atomic E-state index is 12.1. The van der Waals surface area contributed by atoms with Gasteiger partial charge in [-0.3, -0.25) is 10.1 Å². The Labute approximate surface area is 140 Å². The van der Waals surface area contributed by atoms with Crippen LogP contribution < -0.4 is 20.1 Å². The minimum absolute atomic E-state index is 0.224. The van der Waals surface area contributed by atoms with E-state index < -0.39 is 0 Å². The number of carbonyl (C=O) groups is 1. The lowest BCUT2D eigenvalue weighted by molar-refractivity contribution is 0.0977. The van der Waals surface area contributed by atoms with E-state index in [1.807, 2.05) is 31.2 Å². The molecule has 0 aliphatic rings. The fourth-order valence-electron chi connectivity index (χ4n) is 1.90. The van der Waals surface area contributed by atoms with E-state index in [0.717, 1.165) is 11.4 Å². The lowest BCUT2D eigenvalue weighted by Gasteiger charge is -2.11. The highest BCUT2D eigenvalue weighted by atomic mass is 32.1. The van der Waals surface area contributed by atoms with Gasteiger partial charge in [0.1, 0.15) is 11.5 Å². The smallest absolute Gasteiger partial charge is 0.257 e. The SMILES string of the molecule is CCOc1ccc(NC(=S)NC(=O)c2cccc(OC)c2)cc1. The van der Waals surface area contributed by atoms with Gasteiger partial charge in [0, 0.05) is 11.3 Å². The number of ether oxygens (including phenoxy) is 2. The van der Waals surface area contributed by atoms with Gasteiger partial charge in [0.15, 0.2) is 5.11 Å². The van der Waals surface area contributed by atoms with Gasteiger partial charge in [-0.1, -0.05) is 6.07 Å². The first-order valence-corrected chi connectivity index (χ1v) is 7.52. The second-order valence-electron chi connectivity index (χ2n) is 4.60. The van der Waals surface area contributed by atoms with Gasteiger partial charge in [-0.25, -0.2) is 0 Å². The molecular weight excluding hydrogens is 312 g/mol. The third-order valence-electron chi connectivity index (χ3n) is 2.98. The van der Waals surface area contributed by atoms with Crippen LogP contribution in [-0.2, 0) is 0 Å². The Kier molecular flexibility index (Phi) is 5.94. The molecule has 6 heteroatoms. The summed E-state index contributed by atoms with van der Waals surface area (Å²) in [6, 6.07) is 14.2. The standard InChI is InChI=1S/C17H18N2O3S/c1-3-22-14-9-7-13(8-10-14)18-17(23)19-16(20)12-5-4-6-15(11-12)21-2/h4-11H,3H2,1-2H3,(H2,18,19,20,23). The number of amides is 1. The summed E-state index contributed by atoms with van der Waals surface area (Å²) in [6.07, 6.45) is 0. The highest BCUT2D eigenvalue weighted by Crippen LogP contribution is 2.16. The third-order valence-corrected chi connectivity index (χ3v) is 3.19. The molecule has 2 rings (SSSR count). The third kappa shape index (κ3) is 4.96. The van der Waals surface area contributed by atoms with Gasteiger partial charge in [0.2, 0.25) is 0 Å². The molecule has 2 aromatic rings. The van der Waals surface area contributed by atoms with Crippen molar-refractivity contribution in [2.75, 3.05) is 19.0 Å². The van der Waals surface area contributed by atoms with Gasteiger partial charge >= 0.3 is 0 Å². The van der Waals surface area contributed by atoms with Crippen LogP contribution in [0.2, 0.25) is 0 Å². The molecule has 0 fully saturated rings. The first-order valence-electron chi connectivity index (χ1n) is 7.11. The van der Waals surface area contributed by atoms with Crippen molar-refractivity contribution in [2.45, 2.75) is 6.92 Å². The summed E-state index contributed by atoms with van der Waals surface area (Å²) in [7, 11) is 1.55. The van der Waals surface area contributed by atoms with Crippen LogP contribution >= 0.6 is 12.2 Å². The number of benzene rings is 2. The molecule has 2 aromatic carbocycles. The van der Waals surface area contributed by atoms with E-state index in [1.165, 1.54) is 0 Å². The van der Waals surface area contributed by atoms with Crippen LogP contribution in [0.15, 0.2) is 48.5 Å². The molecular formula is C17H18N2O3S. The quantitative estimate of drug-likeness (QED) is 0.824. The maximum atomic E-state index is 12.1. The van der Waals surface area contributed by atoms with Crippen molar-refractivity contribution in [3.8, 4) is 11.5 Å². The average Bonchev–Trinajstić information content (AvgIpc) is 2.57. The van der Waals surface area contributed by atoms with Crippen molar-refractivity contribution in [1.29, 1.82) is 0 Å². The highest BCUT2D eigenvalue weighted by molar-refractivity contribution is 7.80. The van der Waals surface area contributed by atoms with E-state index in [4.69, 9.17) is 21.7 Å². The van der Waals surface area contributed by atoms with Gasteiger partial charge in [0.05, 0.1) is 13.7 Å². The topological polar surface area (TPSA) is 59.6 Å². The van der Waals surface area contributed by atoms with Crippen LogP contribution in [0.4, 0.5) is 5.69 Å². The molecule has 0 saturated carbocycles. The Morgan fingerprint density at radius 2 is 1.87 bits per heavy atom. The van der Waals surface area contributed by atoms with E-state index in [9.17, 15) is 4.79 Å². The first kappa shape index (κ1) is 16.8. The monoisotopic (exact) mass is 330 g/mol. The van der Waals surface area contributed by atoms with Crippen molar-refractivity contribution in [3.63, 3.8) is 0 Å². The van der Waals surface area contributed by atoms with Crippen LogP contribution in [0.3, 0.4) is 0 Å². The number of hydrogen-bond donors (Lipinski definition) is 2. The van der Waals surface area contributed by atoms with Gasteiger partial charge in [-0.15, -0.1) is 0 Å². The van der Waals surface area contributed by atoms with Crippen LogP contribution in [0.25, 0.3) is 0 Å². The predicted molar refractivity (Wildman–Crippen MR) is 94.3 cm³/mol. The fourth-order valence-corrected chi connectivity index (χ4v) is 2.11. The van der Waals surface area contributed by atoms with E-state index >= 15 is 0 Å². The summed E-state index contributed by atoms with van der Waals surface area (Å²) in [5.41, 5.74) is 1.24. The van der Waals surface area contributed by atoms with E-state index in [0.29, 0.717) is 17.9 Å². The number of rotatable bonds is 5. The van der Waals surface area contributed by atoms with Crippen molar-refractivity contribution >= 4 is 28.9 Å². The molecule has 0 unspecified atom stereocenters. The molecule has 120 valence electrons. The molecule has 1 amide bonds. The number of anilines is 1. The van der Waals surface area contributed by atoms with Crippen LogP contribution in [0, 0.1) is 0 Å². The first-order chi connectivity index (χ1) is 11.1. The molecule has 2 N–H and O–H groups in total. The lowest BCUT2D eigenvalue weighted by Crippen LogP contribution is -2.34. The Hall–Kier alpha value is -2.60. The maximum Gasteiger partial charge on any atom is 0.257 e. The number of methoxy groups -OCH3 is 1. The Morgan fingerprint density at radius 1 is 1.13 bits per heavy atom. The molecule has 0 aliphatic heterocycles. The predicted octanol–water partition coefficient (Wildman–Crippen LogP) is 3.22. The molecule has 0 heterocycles. The van der Waals surface area contributed by atoms with Crippen LogP contribution in [0.5, 0.6) is 11.5 Å². The zero-order chi connectivity index (χ0) is 16.7. The van der Waals surface area contributed by atoms with Gasteiger partial charge in [-0.05, 0) is 61.6 Å².